The summed E-state index contributed by atoms with van der Waals surface area (Å²) in [6.07, 6.45) is 7.73. The van der Waals surface area contributed by atoms with E-state index in [0.717, 1.165) is 69.8 Å². The average molecular weight is 579 g/mol. The van der Waals surface area contributed by atoms with Crippen molar-refractivity contribution in [3.63, 3.8) is 0 Å². The van der Waals surface area contributed by atoms with Crippen molar-refractivity contribution in [2.45, 2.75) is 104 Å². The van der Waals surface area contributed by atoms with E-state index in [2.05, 4.69) is 20.4 Å². The molecule has 4 fully saturated rings. The molecule has 0 bridgehead atoms. The van der Waals surface area contributed by atoms with Crippen LogP contribution in [-0.2, 0) is 29.2 Å². The van der Waals surface area contributed by atoms with E-state index in [1.165, 1.54) is 0 Å². The van der Waals surface area contributed by atoms with E-state index in [1.54, 1.807) is 0 Å². The van der Waals surface area contributed by atoms with Crippen LogP contribution in [0.25, 0.3) is 0 Å². The second-order valence-corrected chi connectivity index (χ2v) is 15.3. The minimum Gasteiger partial charge on any atom is -0.390 e. The van der Waals surface area contributed by atoms with Crippen molar-refractivity contribution in [2.24, 2.45) is 46.3 Å². The highest BCUT2D eigenvalue weighted by molar-refractivity contribution is 7.81. The highest BCUT2D eigenvalue weighted by atomic mass is 32.3. The van der Waals surface area contributed by atoms with Gasteiger partial charge in [-0.25, -0.2) is 8.37 Å². The van der Waals surface area contributed by atoms with Gasteiger partial charge in [-0.3, -0.25) is 9.11 Å². The number of rotatable bonds is 10. The lowest BCUT2D eigenvalue weighted by atomic mass is 9.44. The SMILES string of the molecule is C=C(C)CCC[C@@H](COS(=O)(=O)O)[C@H]1CCC2C3CC[C@@H]4[C@H](O)[C@H](OS(=O)(=O)O)CC[C@]4(C)C3CC[C@@]21C. The van der Waals surface area contributed by atoms with E-state index in [0.29, 0.717) is 30.1 Å². The number of hydrogen-bond acceptors (Lipinski definition) is 7. The maximum Gasteiger partial charge on any atom is 0.397 e. The molecule has 4 rings (SSSR count). The normalized spacial score (nSPS) is 42.1. The Morgan fingerprint density at radius 3 is 2.18 bits per heavy atom. The summed E-state index contributed by atoms with van der Waals surface area (Å²) in [5, 5.41) is 11.1. The molecular formula is C27H46O9S2. The summed E-state index contributed by atoms with van der Waals surface area (Å²) in [6.45, 7) is 10.6. The predicted molar refractivity (Wildman–Crippen MR) is 143 cm³/mol. The zero-order valence-electron chi connectivity index (χ0n) is 22.9. The Kier molecular flexibility index (Phi) is 8.82. The quantitative estimate of drug-likeness (QED) is 0.241. The maximum absolute atomic E-state index is 11.4. The predicted octanol–water partition coefficient (Wildman–Crippen LogP) is 4.99. The minimum absolute atomic E-state index is 0.00275. The first kappa shape index (κ1) is 30.4. The van der Waals surface area contributed by atoms with Gasteiger partial charge in [0, 0.05) is 0 Å². The van der Waals surface area contributed by atoms with Crippen LogP contribution >= 0.6 is 0 Å². The summed E-state index contributed by atoms with van der Waals surface area (Å²) in [5.74, 6) is 1.64. The Morgan fingerprint density at radius 1 is 0.921 bits per heavy atom. The van der Waals surface area contributed by atoms with Crippen molar-refractivity contribution in [3.05, 3.63) is 12.2 Å². The summed E-state index contributed by atoms with van der Waals surface area (Å²) in [7, 11) is -9.13. The van der Waals surface area contributed by atoms with E-state index < -0.39 is 33.0 Å². The number of allylic oxidation sites excluding steroid dienone is 1. The average Bonchev–Trinajstić information content (AvgIpc) is 3.14. The first-order valence-corrected chi connectivity index (χ1v) is 16.9. The molecule has 38 heavy (non-hydrogen) atoms. The van der Waals surface area contributed by atoms with Gasteiger partial charge in [0.1, 0.15) is 6.10 Å². The second kappa shape index (κ2) is 11.0. The Balaban J connectivity index is 1.51. The molecule has 0 aromatic heterocycles. The number of fused-ring (bicyclic) bond motifs is 5. The van der Waals surface area contributed by atoms with E-state index in [1.807, 2.05) is 6.92 Å². The zero-order chi connectivity index (χ0) is 28.1. The highest BCUT2D eigenvalue weighted by Gasteiger charge is 2.62. The maximum atomic E-state index is 11.4. The molecule has 4 aliphatic carbocycles. The number of aliphatic hydroxyl groups is 1. The van der Waals surface area contributed by atoms with Crippen LogP contribution in [-0.4, -0.2) is 49.9 Å². The van der Waals surface area contributed by atoms with E-state index in [9.17, 15) is 31.0 Å². The summed E-state index contributed by atoms with van der Waals surface area (Å²) < 4.78 is 73.7. The van der Waals surface area contributed by atoms with E-state index in [-0.39, 0.29) is 29.3 Å². The molecule has 0 saturated heterocycles. The fourth-order valence-corrected chi connectivity index (χ4v) is 10.5. The van der Waals surface area contributed by atoms with Gasteiger partial charge < -0.3 is 5.11 Å². The van der Waals surface area contributed by atoms with Crippen LogP contribution in [0.1, 0.15) is 91.4 Å². The first-order valence-electron chi connectivity index (χ1n) is 14.1. The third-order valence-corrected chi connectivity index (χ3v) is 12.1. The molecule has 0 radical (unpaired) electrons. The Labute approximate surface area is 228 Å². The van der Waals surface area contributed by atoms with Crippen molar-refractivity contribution in [1.29, 1.82) is 0 Å². The molecule has 0 aromatic rings. The molecule has 10 atom stereocenters. The van der Waals surface area contributed by atoms with Crippen molar-refractivity contribution in [3.8, 4) is 0 Å². The molecule has 0 aliphatic heterocycles. The molecule has 4 saturated carbocycles. The molecule has 0 spiro atoms. The van der Waals surface area contributed by atoms with E-state index >= 15 is 0 Å². The van der Waals surface area contributed by atoms with Crippen LogP contribution in [0.4, 0.5) is 0 Å². The third-order valence-electron chi connectivity index (χ3n) is 11.2. The molecule has 0 amide bonds. The molecule has 220 valence electrons. The lowest BCUT2D eigenvalue weighted by molar-refractivity contribution is -0.171. The van der Waals surface area contributed by atoms with Gasteiger partial charge >= 0.3 is 20.8 Å². The van der Waals surface area contributed by atoms with Crippen LogP contribution in [0.2, 0.25) is 0 Å². The molecule has 11 heteroatoms. The van der Waals surface area contributed by atoms with Crippen LogP contribution in [0.3, 0.4) is 0 Å². The highest BCUT2D eigenvalue weighted by Crippen LogP contribution is 2.68. The summed E-state index contributed by atoms with van der Waals surface area (Å²) in [6, 6.07) is 0. The first-order chi connectivity index (χ1) is 17.6. The topological polar surface area (TPSA) is 147 Å². The van der Waals surface area contributed by atoms with Gasteiger partial charge in [-0.15, -0.1) is 6.58 Å². The molecule has 3 unspecified atom stereocenters. The van der Waals surface area contributed by atoms with Gasteiger partial charge in [0.2, 0.25) is 0 Å². The molecule has 0 heterocycles. The fraction of sp³-hybridized carbons (Fsp3) is 0.926. The zero-order valence-corrected chi connectivity index (χ0v) is 24.6. The Bertz CT molecular complexity index is 1090. The van der Waals surface area contributed by atoms with Gasteiger partial charge in [-0.1, -0.05) is 19.4 Å². The van der Waals surface area contributed by atoms with Gasteiger partial charge in [0.25, 0.3) is 0 Å². The lowest BCUT2D eigenvalue weighted by Crippen LogP contribution is -2.59. The van der Waals surface area contributed by atoms with Gasteiger partial charge in [-0.05, 0) is 124 Å². The van der Waals surface area contributed by atoms with Crippen LogP contribution in [0, 0.1) is 46.3 Å². The van der Waals surface area contributed by atoms with Crippen LogP contribution in [0.15, 0.2) is 12.2 Å². The minimum atomic E-state index is -4.63. The second-order valence-electron chi connectivity index (χ2n) is 13.2. The van der Waals surface area contributed by atoms with Crippen molar-refractivity contribution in [1.82, 2.24) is 0 Å². The largest absolute Gasteiger partial charge is 0.397 e. The summed E-state index contributed by atoms with van der Waals surface area (Å²) >= 11 is 0. The Morgan fingerprint density at radius 2 is 1.55 bits per heavy atom. The smallest absolute Gasteiger partial charge is 0.390 e. The molecule has 9 nitrogen and oxygen atoms in total. The number of aliphatic hydroxyl groups excluding tert-OH is 1. The summed E-state index contributed by atoms with van der Waals surface area (Å²) in [4.78, 5) is 0. The molecular weight excluding hydrogens is 532 g/mol. The van der Waals surface area contributed by atoms with Crippen molar-refractivity contribution >= 4 is 20.8 Å². The standard InChI is InChI=1S/C27H46O9S2/c1-17(2)6-5-7-18(16-35-37(29,30)31)20-10-11-21-19-8-9-23-25(28)24(36-38(32,33)34)13-15-27(23,4)22(19)12-14-26(20,21)3/h18-25,28H,1,5-16H2,2-4H3,(H,29,30,31)(H,32,33,34)/t18-,19?,20+,21?,22?,23+,24+,25-,26+,27+/m0/s1. The molecule has 0 aromatic carbocycles. The van der Waals surface area contributed by atoms with Gasteiger partial charge in [-0.2, -0.15) is 16.8 Å². The van der Waals surface area contributed by atoms with Crippen molar-refractivity contribution < 1.29 is 39.4 Å². The number of hydrogen-bond donors (Lipinski definition) is 3. The Hall–Kier alpha value is -0.560. The molecule has 4 aliphatic rings. The van der Waals surface area contributed by atoms with Crippen LogP contribution < -0.4 is 0 Å². The monoisotopic (exact) mass is 578 g/mol. The van der Waals surface area contributed by atoms with Gasteiger partial charge in [0.15, 0.2) is 0 Å². The molecule has 3 N–H and O–H groups in total. The third kappa shape index (κ3) is 6.19. The lowest BCUT2D eigenvalue weighted by Gasteiger charge is -2.62. The van der Waals surface area contributed by atoms with Crippen molar-refractivity contribution in [2.75, 3.05) is 6.61 Å². The van der Waals surface area contributed by atoms with E-state index in [4.69, 9.17) is 8.37 Å². The fourth-order valence-electron chi connectivity index (χ4n) is 9.62. The summed E-state index contributed by atoms with van der Waals surface area (Å²) in [5.41, 5.74) is 1.01. The van der Waals surface area contributed by atoms with Gasteiger partial charge in [0.05, 0.1) is 12.7 Å². The van der Waals surface area contributed by atoms with Crippen LogP contribution in [0.5, 0.6) is 0 Å².